The van der Waals surface area contributed by atoms with Gasteiger partial charge in [-0.05, 0) is 68.3 Å². The monoisotopic (exact) mass is 404 g/mol. The third-order valence-electron chi connectivity index (χ3n) is 4.63. The van der Waals surface area contributed by atoms with Crippen LogP contribution in [-0.2, 0) is 4.79 Å². The summed E-state index contributed by atoms with van der Waals surface area (Å²) in [6, 6.07) is 5.93. The van der Waals surface area contributed by atoms with Gasteiger partial charge in [0.05, 0.1) is 16.3 Å². The van der Waals surface area contributed by atoms with E-state index in [0.717, 1.165) is 31.1 Å². The van der Waals surface area contributed by atoms with E-state index in [9.17, 15) is 9.18 Å². The Morgan fingerprint density at radius 3 is 2.59 bits per heavy atom. The zero-order valence-corrected chi connectivity index (χ0v) is 16.4. The Kier molecular flexibility index (Phi) is 5.06. The molecule has 1 aromatic heterocycles. The fourth-order valence-electron chi connectivity index (χ4n) is 3.18. The van der Waals surface area contributed by atoms with E-state index in [1.54, 1.807) is 22.9 Å². The highest BCUT2D eigenvalue weighted by Crippen LogP contribution is 2.34. The molecule has 0 N–H and O–H groups in total. The van der Waals surface area contributed by atoms with Crippen molar-refractivity contribution in [3.8, 4) is 5.69 Å². The minimum absolute atomic E-state index is 0.245. The minimum atomic E-state index is -0.323. The van der Waals surface area contributed by atoms with E-state index in [1.807, 2.05) is 6.92 Å². The largest absolute Gasteiger partial charge is 0.351 e. The number of amidine groups is 1. The Morgan fingerprint density at radius 2 is 1.89 bits per heavy atom. The number of rotatable bonds is 2. The van der Waals surface area contributed by atoms with Gasteiger partial charge in [-0.2, -0.15) is 10.1 Å². The number of nitrogens with zero attached hydrogens (tertiary/aromatic N) is 4. The lowest BCUT2D eigenvalue weighted by atomic mass is 10.1. The highest BCUT2D eigenvalue weighted by atomic mass is 35.5. The predicted molar refractivity (Wildman–Crippen MR) is 107 cm³/mol. The first-order chi connectivity index (χ1) is 13.0. The van der Waals surface area contributed by atoms with Gasteiger partial charge in [-0.1, -0.05) is 11.6 Å². The molecule has 8 heteroatoms. The molecule has 0 aliphatic carbocycles. The van der Waals surface area contributed by atoms with E-state index in [2.05, 4.69) is 15.0 Å². The quantitative estimate of drug-likeness (QED) is 0.695. The van der Waals surface area contributed by atoms with E-state index in [0.29, 0.717) is 27.0 Å². The second-order valence-corrected chi connectivity index (χ2v) is 7.90. The number of aryl methyl sites for hydroxylation is 1. The van der Waals surface area contributed by atoms with Gasteiger partial charge in [-0.15, -0.1) is 0 Å². The molecule has 2 aliphatic rings. The number of thioether (sulfide) groups is 1. The third kappa shape index (κ3) is 3.66. The molecule has 0 radical (unpaired) electrons. The number of halogens is 2. The number of aliphatic imine (C=N–C) groups is 1. The van der Waals surface area contributed by atoms with E-state index in [4.69, 9.17) is 11.6 Å². The van der Waals surface area contributed by atoms with Crippen molar-refractivity contribution in [2.24, 2.45) is 4.99 Å². The molecule has 0 saturated carbocycles. The lowest BCUT2D eigenvalue weighted by Crippen LogP contribution is -2.33. The average Bonchev–Trinajstić information content (AvgIpc) is 3.18. The van der Waals surface area contributed by atoms with Crippen molar-refractivity contribution < 1.29 is 9.18 Å². The van der Waals surface area contributed by atoms with Gasteiger partial charge in [0.2, 0.25) is 0 Å². The number of hydrogen-bond donors (Lipinski definition) is 0. The molecule has 4 rings (SSSR count). The molecule has 140 valence electrons. The van der Waals surface area contributed by atoms with Crippen LogP contribution in [0.4, 0.5) is 4.39 Å². The molecule has 0 spiro atoms. The highest BCUT2D eigenvalue weighted by molar-refractivity contribution is 8.18. The van der Waals surface area contributed by atoms with Crippen molar-refractivity contribution in [1.82, 2.24) is 14.7 Å². The number of likely N-dealkylation sites (tertiary alicyclic amines) is 1. The van der Waals surface area contributed by atoms with Crippen molar-refractivity contribution >= 4 is 40.5 Å². The first-order valence-electron chi connectivity index (χ1n) is 8.81. The first kappa shape index (κ1) is 18.3. The Hall–Kier alpha value is -2.12. The fourth-order valence-corrected chi connectivity index (χ4v) is 4.45. The van der Waals surface area contributed by atoms with Crippen LogP contribution >= 0.6 is 23.4 Å². The van der Waals surface area contributed by atoms with Crippen LogP contribution in [0.1, 0.15) is 30.5 Å². The number of carbonyl (C=O) groups is 1. The molecule has 0 bridgehead atoms. The summed E-state index contributed by atoms with van der Waals surface area (Å²) < 4.78 is 14.7. The molecule has 27 heavy (non-hydrogen) atoms. The van der Waals surface area contributed by atoms with Crippen LogP contribution in [0, 0.1) is 12.7 Å². The fraction of sp³-hybridized carbons (Fsp3) is 0.316. The van der Waals surface area contributed by atoms with E-state index in [-0.39, 0.29) is 11.7 Å². The van der Waals surface area contributed by atoms with Crippen LogP contribution < -0.4 is 0 Å². The second-order valence-electron chi connectivity index (χ2n) is 6.54. The predicted octanol–water partition coefficient (Wildman–Crippen LogP) is 4.43. The molecule has 1 saturated heterocycles. The van der Waals surface area contributed by atoms with Gasteiger partial charge < -0.3 is 4.90 Å². The molecule has 3 heterocycles. The third-order valence-corrected chi connectivity index (χ3v) is 6.04. The van der Waals surface area contributed by atoms with Crippen molar-refractivity contribution in [2.45, 2.75) is 26.2 Å². The summed E-state index contributed by atoms with van der Waals surface area (Å²) in [5.41, 5.74) is 2.02. The van der Waals surface area contributed by atoms with Gasteiger partial charge in [-0.25, -0.2) is 9.07 Å². The van der Waals surface area contributed by atoms with Crippen LogP contribution in [0.15, 0.2) is 34.2 Å². The Balaban J connectivity index is 1.61. The molecule has 5 nitrogen and oxygen atoms in total. The Morgan fingerprint density at radius 1 is 1.19 bits per heavy atom. The van der Waals surface area contributed by atoms with E-state index < -0.39 is 0 Å². The maximum Gasteiger partial charge on any atom is 0.286 e. The zero-order valence-electron chi connectivity index (χ0n) is 14.8. The van der Waals surface area contributed by atoms with E-state index in [1.165, 1.54) is 30.3 Å². The summed E-state index contributed by atoms with van der Waals surface area (Å²) >= 11 is 7.90. The molecule has 1 aromatic carbocycles. The molecule has 1 amide bonds. The van der Waals surface area contributed by atoms with Gasteiger partial charge >= 0.3 is 0 Å². The molecule has 0 unspecified atom stereocenters. The molecular formula is C19H18ClFN4OS. The second kappa shape index (κ2) is 7.48. The highest BCUT2D eigenvalue weighted by Gasteiger charge is 2.28. The topological polar surface area (TPSA) is 50.5 Å². The summed E-state index contributed by atoms with van der Waals surface area (Å²) in [4.78, 5) is 19.3. The molecule has 2 aromatic rings. The molecule has 1 fully saturated rings. The van der Waals surface area contributed by atoms with Gasteiger partial charge in [-0.3, -0.25) is 4.79 Å². The molecule has 2 aliphatic heterocycles. The lowest BCUT2D eigenvalue weighted by Gasteiger charge is -2.27. The van der Waals surface area contributed by atoms with Crippen molar-refractivity contribution in [1.29, 1.82) is 0 Å². The zero-order chi connectivity index (χ0) is 19.0. The summed E-state index contributed by atoms with van der Waals surface area (Å²) in [5, 5.41) is 5.59. The standard InChI is InChI=1S/C19H18ClFN4OS/c1-12-15(17(20)25(23-12)14-7-5-13(21)6-8-14)11-16-18(26)22-19(27-16)24-9-3-2-4-10-24/h5-8,11H,2-4,9-10H2,1H3/b16-11-. The number of benzene rings is 1. The number of amides is 1. The smallest absolute Gasteiger partial charge is 0.286 e. The SMILES string of the molecule is Cc1nn(-c2ccc(F)cc2)c(Cl)c1/C=C1\SC(N2CCCCC2)=NC1=O. The van der Waals surface area contributed by atoms with Crippen LogP contribution in [0.25, 0.3) is 11.8 Å². The summed E-state index contributed by atoms with van der Waals surface area (Å²) in [6.07, 6.45) is 5.23. The van der Waals surface area contributed by atoms with Crippen molar-refractivity contribution in [3.05, 3.63) is 51.4 Å². The first-order valence-corrected chi connectivity index (χ1v) is 10.0. The van der Waals surface area contributed by atoms with Crippen LogP contribution in [-0.4, -0.2) is 38.8 Å². The Labute approximate surface area is 165 Å². The minimum Gasteiger partial charge on any atom is -0.351 e. The van der Waals surface area contributed by atoms with Crippen LogP contribution in [0.5, 0.6) is 0 Å². The summed E-state index contributed by atoms with van der Waals surface area (Å²) in [5.74, 6) is -0.568. The van der Waals surface area contributed by atoms with E-state index >= 15 is 0 Å². The number of piperidine rings is 1. The van der Waals surface area contributed by atoms with Gasteiger partial charge in [0.25, 0.3) is 5.91 Å². The van der Waals surface area contributed by atoms with Gasteiger partial charge in [0.15, 0.2) is 5.17 Å². The number of carbonyl (C=O) groups excluding carboxylic acids is 1. The van der Waals surface area contributed by atoms with Crippen LogP contribution in [0.2, 0.25) is 5.15 Å². The lowest BCUT2D eigenvalue weighted by molar-refractivity contribution is -0.113. The average molecular weight is 405 g/mol. The van der Waals surface area contributed by atoms with Gasteiger partial charge in [0, 0.05) is 18.7 Å². The Bertz CT molecular complexity index is 945. The number of aromatic nitrogens is 2. The number of hydrogen-bond acceptors (Lipinski definition) is 4. The summed E-state index contributed by atoms with van der Waals surface area (Å²) in [6.45, 7) is 3.71. The van der Waals surface area contributed by atoms with Gasteiger partial charge in [0.1, 0.15) is 11.0 Å². The van der Waals surface area contributed by atoms with Crippen molar-refractivity contribution in [2.75, 3.05) is 13.1 Å². The van der Waals surface area contributed by atoms with Crippen molar-refractivity contribution in [3.63, 3.8) is 0 Å². The normalized spacial score (nSPS) is 19.1. The van der Waals surface area contributed by atoms with Crippen LogP contribution in [0.3, 0.4) is 0 Å². The maximum atomic E-state index is 13.2. The maximum absolute atomic E-state index is 13.2. The molecular weight excluding hydrogens is 387 g/mol. The summed E-state index contributed by atoms with van der Waals surface area (Å²) in [7, 11) is 0. The molecule has 0 atom stereocenters.